The van der Waals surface area contributed by atoms with Gasteiger partial charge in [-0.3, -0.25) is 0 Å². The van der Waals surface area contributed by atoms with Gasteiger partial charge in [0.15, 0.2) is 12.9 Å². The van der Waals surface area contributed by atoms with E-state index in [-0.39, 0.29) is 26.4 Å². The third kappa shape index (κ3) is 14.1. The summed E-state index contributed by atoms with van der Waals surface area (Å²) < 4.78 is 14.3. The van der Waals surface area contributed by atoms with Crippen LogP contribution in [0.1, 0.15) is 6.92 Å². The first-order chi connectivity index (χ1) is 10.0. The number of hydrogen-bond acceptors (Lipinski definition) is 8. The van der Waals surface area contributed by atoms with Crippen LogP contribution in [-0.4, -0.2) is 50.1 Å². The van der Waals surface area contributed by atoms with Crippen LogP contribution >= 0.6 is 0 Å². The predicted molar refractivity (Wildman–Crippen MR) is 67.4 cm³/mol. The van der Waals surface area contributed by atoms with Crippen molar-refractivity contribution in [3.63, 3.8) is 0 Å². The highest BCUT2D eigenvalue weighted by Gasteiger charge is 2.01. The van der Waals surface area contributed by atoms with Gasteiger partial charge in [0.2, 0.25) is 0 Å². The number of rotatable bonds is 13. The molecule has 0 atom stereocenters. The Morgan fingerprint density at radius 2 is 1.86 bits per heavy atom. The van der Waals surface area contributed by atoms with Gasteiger partial charge in [-0.05, 0) is 12.0 Å². The molecule has 9 nitrogen and oxygen atoms in total. The van der Waals surface area contributed by atoms with E-state index in [9.17, 15) is 9.59 Å². The molecule has 0 aliphatic carbocycles. The van der Waals surface area contributed by atoms with Gasteiger partial charge in [0, 0.05) is 5.57 Å². The first kappa shape index (κ1) is 18.9. The Kier molecular flexibility index (Phi) is 11.6. The van der Waals surface area contributed by atoms with E-state index in [0.717, 1.165) is 12.5 Å². The van der Waals surface area contributed by atoms with Crippen LogP contribution in [0.4, 0.5) is 0 Å². The summed E-state index contributed by atoms with van der Waals surface area (Å²) in [6.45, 7) is 5.11. The van der Waals surface area contributed by atoms with Crippen molar-refractivity contribution < 1.29 is 43.7 Å². The van der Waals surface area contributed by atoms with Crippen molar-refractivity contribution in [1.29, 1.82) is 0 Å². The summed E-state index contributed by atoms with van der Waals surface area (Å²) in [6.07, 6.45) is 1.95. The van der Waals surface area contributed by atoms with Crippen molar-refractivity contribution in [3.05, 3.63) is 24.7 Å². The van der Waals surface area contributed by atoms with Crippen LogP contribution in [0.3, 0.4) is 0 Å². The summed E-state index contributed by atoms with van der Waals surface area (Å²) in [5.74, 6) is -1.58. The summed E-state index contributed by atoms with van der Waals surface area (Å²) in [7, 11) is 0. The van der Waals surface area contributed by atoms with E-state index in [4.69, 9.17) is 14.6 Å². The fourth-order valence-electron chi connectivity index (χ4n) is 0.777. The van der Waals surface area contributed by atoms with Crippen LogP contribution in [0.15, 0.2) is 24.7 Å². The van der Waals surface area contributed by atoms with Gasteiger partial charge in [0.05, 0.1) is 13.2 Å². The van der Waals surface area contributed by atoms with Gasteiger partial charge in [-0.1, -0.05) is 6.58 Å². The van der Waals surface area contributed by atoms with E-state index in [1.54, 1.807) is 6.92 Å². The molecule has 0 radical (unpaired) electrons. The second kappa shape index (κ2) is 12.9. The maximum Gasteiger partial charge on any atom is 0.341 e. The predicted octanol–water partition coefficient (Wildman–Crippen LogP) is 0.574. The molecule has 0 aromatic heterocycles. The summed E-state index contributed by atoms with van der Waals surface area (Å²) in [5, 5.41) is 12.5. The smallest absolute Gasteiger partial charge is 0.341 e. The summed E-state index contributed by atoms with van der Waals surface area (Å²) in [6, 6.07) is 0. The Bertz CT molecular complexity index is 351. The first-order valence-electron chi connectivity index (χ1n) is 5.87. The van der Waals surface area contributed by atoms with Gasteiger partial charge in [-0.15, -0.1) is 0 Å². The SMILES string of the molecule is C=C(C)C(=O)OCCOCCOOO/C=C\OCC(=O)O. The highest BCUT2D eigenvalue weighted by molar-refractivity contribution is 5.86. The molecule has 1 N–H and O–H groups in total. The molecule has 0 heterocycles. The number of carboxylic acid groups (broad SMARTS) is 1. The largest absolute Gasteiger partial charge is 0.486 e. The van der Waals surface area contributed by atoms with E-state index in [1.165, 1.54) is 0 Å². The number of carboxylic acids is 1. The van der Waals surface area contributed by atoms with Crippen molar-refractivity contribution in [2.75, 3.05) is 33.0 Å². The number of ether oxygens (including phenoxy) is 3. The molecule has 0 unspecified atom stereocenters. The molecule has 0 fully saturated rings. The Hall–Kier alpha value is -2.10. The van der Waals surface area contributed by atoms with Gasteiger partial charge in [0.1, 0.15) is 19.5 Å². The second-order valence-corrected chi connectivity index (χ2v) is 3.49. The summed E-state index contributed by atoms with van der Waals surface area (Å²) in [5.41, 5.74) is 0.323. The molecule has 0 aromatic rings. The van der Waals surface area contributed by atoms with E-state index < -0.39 is 18.5 Å². The number of esters is 1. The zero-order valence-electron chi connectivity index (χ0n) is 11.6. The van der Waals surface area contributed by atoms with E-state index in [2.05, 4.69) is 26.1 Å². The number of hydrogen-bond donors (Lipinski definition) is 1. The number of carbonyl (C=O) groups excluding carboxylic acids is 1. The maximum absolute atomic E-state index is 11.0. The zero-order valence-corrected chi connectivity index (χ0v) is 11.6. The lowest BCUT2D eigenvalue weighted by Gasteiger charge is -2.05. The molecule has 9 heteroatoms. The Labute approximate surface area is 121 Å². The molecule has 0 amide bonds. The second-order valence-electron chi connectivity index (χ2n) is 3.49. The lowest BCUT2D eigenvalue weighted by Crippen LogP contribution is -2.13. The molecule has 120 valence electrons. The van der Waals surface area contributed by atoms with Gasteiger partial charge < -0.3 is 24.2 Å². The molecular formula is C12H18O9. The zero-order chi connectivity index (χ0) is 15.9. The molecule has 0 rings (SSSR count). The average molecular weight is 306 g/mol. The minimum Gasteiger partial charge on any atom is -0.486 e. The van der Waals surface area contributed by atoms with E-state index in [0.29, 0.717) is 5.57 Å². The number of aliphatic carboxylic acids is 1. The van der Waals surface area contributed by atoms with Gasteiger partial charge in [-0.25, -0.2) is 9.59 Å². The van der Waals surface area contributed by atoms with Crippen LogP contribution in [-0.2, 0) is 38.6 Å². The lowest BCUT2D eigenvalue weighted by atomic mass is 10.4. The van der Waals surface area contributed by atoms with Crippen LogP contribution < -0.4 is 0 Å². The molecule has 0 aromatic carbocycles. The minimum atomic E-state index is -1.11. The van der Waals surface area contributed by atoms with Crippen molar-refractivity contribution in [3.8, 4) is 0 Å². The van der Waals surface area contributed by atoms with Crippen LogP contribution in [0.5, 0.6) is 0 Å². The fourth-order valence-corrected chi connectivity index (χ4v) is 0.777. The molecule has 0 saturated carbocycles. The third-order valence-corrected chi connectivity index (χ3v) is 1.62. The first-order valence-corrected chi connectivity index (χ1v) is 5.87. The van der Waals surface area contributed by atoms with Gasteiger partial charge in [-0.2, -0.15) is 4.89 Å². The number of carbonyl (C=O) groups is 2. The Balaban J connectivity index is 3.21. The molecule has 21 heavy (non-hydrogen) atoms. The van der Waals surface area contributed by atoms with Crippen LogP contribution in [0, 0.1) is 0 Å². The normalized spacial score (nSPS) is 10.3. The third-order valence-electron chi connectivity index (χ3n) is 1.62. The van der Waals surface area contributed by atoms with Crippen LogP contribution in [0.25, 0.3) is 0 Å². The van der Waals surface area contributed by atoms with Gasteiger partial charge in [0.25, 0.3) is 0 Å². The molecule has 0 bridgehead atoms. The molecular weight excluding hydrogens is 288 g/mol. The Morgan fingerprint density at radius 3 is 2.52 bits per heavy atom. The summed E-state index contributed by atoms with van der Waals surface area (Å²) in [4.78, 5) is 29.9. The topological polar surface area (TPSA) is 110 Å². The van der Waals surface area contributed by atoms with Crippen LogP contribution in [0.2, 0.25) is 0 Å². The maximum atomic E-state index is 11.0. The Morgan fingerprint density at radius 1 is 1.14 bits per heavy atom. The van der Waals surface area contributed by atoms with Crippen molar-refractivity contribution in [1.82, 2.24) is 0 Å². The molecule has 0 saturated heterocycles. The lowest BCUT2D eigenvalue weighted by molar-refractivity contribution is -0.491. The van der Waals surface area contributed by atoms with E-state index >= 15 is 0 Å². The van der Waals surface area contributed by atoms with Crippen molar-refractivity contribution in [2.45, 2.75) is 6.92 Å². The highest BCUT2D eigenvalue weighted by Crippen LogP contribution is 1.92. The molecule has 0 spiro atoms. The van der Waals surface area contributed by atoms with Crippen molar-refractivity contribution >= 4 is 11.9 Å². The fraction of sp³-hybridized carbons (Fsp3) is 0.500. The standard InChI is InChI=1S/C12H18O9/c1-10(2)12(15)18-6-3-16-4-7-19-21-20-8-5-17-9-11(13)14/h5,8H,1,3-4,6-7,9H2,2H3,(H,13,14)/b8-5-. The highest BCUT2D eigenvalue weighted by atomic mass is 17.5. The van der Waals surface area contributed by atoms with E-state index in [1.807, 2.05) is 0 Å². The monoisotopic (exact) mass is 306 g/mol. The molecule has 0 aliphatic rings. The molecule has 0 aliphatic heterocycles. The quantitative estimate of drug-likeness (QED) is 0.130. The van der Waals surface area contributed by atoms with Crippen molar-refractivity contribution in [2.24, 2.45) is 0 Å². The average Bonchev–Trinajstić information content (AvgIpc) is 2.43. The minimum absolute atomic E-state index is 0.0816. The summed E-state index contributed by atoms with van der Waals surface area (Å²) >= 11 is 0. The van der Waals surface area contributed by atoms with Gasteiger partial charge >= 0.3 is 11.9 Å².